The number of rotatable bonds is 7. The molecule has 0 bridgehead atoms. The van der Waals surface area contributed by atoms with Crippen molar-refractivity contribution in [3.8, 4) is 0 Å². The second-order valence-corrected chi connectivity index (χ2v) is 8.72. The van der Waals surface area contributed by atoms with Crippen molar-refractivity contribution >= 4 is 52.0 Å². The third-order valence-corrected chi connectivity index (χ3v) is 6.34. The van der Waals surface area contributed by atoms with Gasteiger partial charge in [-0.25, -0.2) is 9.78 Å². The summed E-state index contributed by atoms with van der Waals surface area (Å²) in [6.45, 7) is 2.68. The molecular weight excluding hydrogens is 470 g/mol. The number of carbonyl (C=O) groups is 3. The quantitative estimate of drug-likeness (QED) is 0.329. The lowest BCUT2D eigenvalue weighted by Crippen LogP contribution is -2.23. The van der Waals surface area contributed by atoms with E-state index in [1.807, 2.05) is 49.4 Å². The maximum atomic E-state index is 13.0. The van der Waals surface area contributed by atoms with E-state index >= 15 is 0 Å². The fraction of sp³-hybridized carbons (Fsp3) is 0.143. The van der Waals surface area contributed by atoms with Gasteiger partial charge in [0.25, 0.3) is 0 Å². The molecule has 9 heteroatoms. The van der Waals surface area contributed by atoms with Gasteiger partial charge in [0.05, 0.1) is 24.3 Å². The van der Waals surface area contributed by atoms with Crippen LogP contribution in [0.15, 0.2) is 73.1 Å². The molecule has 1 unspecified atom stereocenters. The van der Waals surface area contributed by atoms with Crippen LogP contribution >= 0.6 is 0 Å². The lowest BCUT2D eigenvalue weighted by Gasteiger charge is -2.16. The van der Waals surface area contributed by atoms with Crippen LogP contribution in [0.1, 0.15) is 29.5 Å². The molecule has 5 rings (SSSR count). The summed E-state index contributed by atoms with van der Waals surface area (Å²) in [4.78, 5) is 46.0. The highest BCUT2D eigenvalue weighted by atomic mass is 16.6. The first-order chi connectivity index (χ1) is 17.9. The number of cyclic esters (lactones) is 1. The standard InChI is InChI=1S/C28H25N5O4/c1-17(18-7-9-22(10-8-18)33-11-12-37-28(33)36)27(35)32-21-14-24-20(15-30-26(24)31-16-21)13-23(25(29)34)19-5-3-2-4-6-19/h2-10,13-17H,11-12H2,1H3,(H2,29,34)(H,30,31)(H,32,35)/b23-13+. The summed E-state index contributed by atoms with van der Waals surface area (Å²) in [5.41, 5.74) is 10.1. The van der Waals surface area contributed by atoms with Gasteiger partial charge in [-0.15, -0.1) is 0 Å². The zero-order valence-electron chi connectivity index (χ0n) is 20.1. The molecule has 1 aliphatic heterocycles. The highest BCUT2D eigenvalue weighted by Gasteiger charge is 2.24. The van der Waals surface area contributed by atoms with Crippen LogP contribution in [0.4, 0.5) is 16.2 Å². The van der Waals surface area contributed by atoms with E-state index in [2.05, 4.69) is 15.3 Å². The Balaban J connectivity index is 1.35. The van der Waals surface area contributed by atoms with Crippen molar-refractivity contribution in [2.45, 2.75) is 12.8 Å². The van der Waals surface area contributed by atoms with E-state index < -0.39 is 11.8 Å². The monoisotopic (exact) mass is 495 g/mol. The number of primary amides is 1. The maximum absolute atomic E-state index is 13.0. The van der Waals surface area contributed by atoms with E-state index in [9.17, 15) is 14.4 Å². The highest BCUT2D eigenvalue weighted by molar-refractivity contribution is 6.24. The minimum atomic E-state index is -0.542. The van der Waals surface area contributed by atoms with Gasteiger partial charge in [0, 0.05) is 28.4 Å². The Bertz CT molecular complexity index is 1510. The molecule has 0 saturated carbocycles. The number of carbonyl (C=O) groups excluding carboxylic acids is 3. The molecule has 3 amide bonds. The van der Waals surface area contributed by atoms with Crippen molar-refractivity contribution < 1.29 is 19.1 Å². The number of pyridine rings is 1. The molecular formula is C28H25N5O4. The van der Waals surface area contributed by atoms with E-state index in [0.29, 0.717) is 35.6 Å². The Labute approximate surface area is 212 Å². The number of aromatic amines is 1. The molecule has 0 radical (unpaired) electrons. The summed E-state index contributed by atoms with van der Waals surface area (Å²) in [7, 11) is 0. The van der Waals surface area contributed by atoms with E-state index in [0.717, 1.165) is 22.2 Å². The average Bonchev–Trinajstić information content (AvgIpc) is 3.52. The topological polar surface area (TPSA) is 130 Å². The van der Waals surface area contributed by atoms with Gasteiger partial charge in [0.1, 0.15) is 12.3 Å². The molecule has 1 saturated heterocycles. The van der Waals surface area contributed by atoms with Gasteiger partial charge in [-0.2, -0.15) is 0 Å². The molecule has 0 spiro atoms. The van der Waals surface area contributed by atoms with Crippen molar-refractivity contribution in [3.63, 3.8) is 0 Å². The van der Waals surface area contributed by atoms with Crippen molar-refractivity contribution in [3.05, 3.63) is 89.7 Å². The number of amides is 3. The predicted molar refractivity (Wildman–Crippen MR) is 142 cm³/mol. The van der Waals surface area contributed by atoms with Crippen molar-refractivity contribution in [1.29, 1.82) is 0 Å². The summed E-state index contributed by atoms with van der Waals surface area (Å²) in [5.74, 6) is -1.19. The van der Waals surface area contributed by atoms with E-state index in [4.69, 9.17) is 10.5 Å². The molecule has 1 aliphatic rings. The summed E-state index contributed by atoms with van der Waals surface area (Å²) in [6, 6.07) is 18.3. The molecule has 1 fully saturated rings. The number of nitrogens with two attached hydrogens (primary N) is 1. The summed E-state index contributed by atoms with van der Waals surface area (Å²) >= 11 is 0. The van der Waals surface area contributed by atoms with Crippen LogP contribution in [-0.4, -0.2) is 41.0 Å². The van der Waals surface area contributed by atoms with Crippen LogP contribution in [0.5, 0.6) is 0 Å². The van der Waals surface area contributed by atoms with Crippen LogP contribution in [0.2, 0.25) is 0 Å². The first-order valence-electron chi connectivity index (χ1n) is 11.8. The van der Waals surface area contributed by atoms with Gasteiger partial charge in [0.15, 0.2) is 0 Å². The van der Waals surface area contributed by atoms with Gasteiger partial charge >= 0.3 is 6.09 Å². The number of hydrogen-bond donors (Lipinski definition) is 3. The molecule has 2 aromatic carbocycles. The summed E-state index contributed by atoms with van der Waals surface area (Å²) < 4.78 is 4.98. The zero-order valence-corrected chi connectivity index (χ0v) is 20.1. The molecule has 4 N–H and O–H groups in total. The summed E-state index contributed by atoms with van der Waals surface area (Å²) in [6.07, 6.45) is 4.66. The molecule has 37 heavy (non-hydrogen) atoms. The Morgan fingerprint density at radius 3 is 2.59 bits per heavy atom. The molecule has 186 valence electrons. The Morgan fingerprint density at radius 2 is 1.92 bits per heavy atom. The normalized spacial score (nSPS) is 14.5. The first kappa shape index (κ1) is 23.8. The zero-order chi connectivity index (χ0) is 25.9. The molecule has 4 aromatic rings. The van der Waals surface area contributed by atoms with E-state index in [-0.39, 0.29) is 12.0 Å². The van der Waals surface area contributed by atoms with E-state index in [1.165, 1.54) is 0 Å². The van der Waals surface area contributed by atoms with Gasteiger partial charge in [-0.05, 0) is 42.3 Å². The van der Waals surface area contributed by atoms with E-state index in [1.54, 1.807) is 41.6 Å². The maximum Gasteiger partial charge on any atom is 0.414 e. The van der Waals surface area contributed by atoms with Gasteiger partial charge < -0.3 is 20.8 Å². The Hall–Kier alpha value is -4.92. The van der Waals surface area contributed by atoms with Gasteiger partial charge in [-0.3, -0.25) is 14.5 Å². The third kappa shape index (κ3) is 4.92. The SMILES string of the molecule is CC(C(=O)Nc1cnc2[nH]cc(/C=C(/C(N)=O)c3ccccc3)c2c1)c1ccc(N2CCOC2=O)cc1. The highest BCUT2D eigenvalue weighted by Crippen LogP contribution is 2.27. The summed E-state index contributed by atoms with van der Waals surface area (Å²) in [5, 5.41) is 3.66. The van der Waals surface area contributed by atoms with Crippen LogP contribution in [0.25, 0.3) is 22.7 Å². The van der Waals surface area contributed by atoms with Crippen molar-refractivity contribution in [1.82, 2.24) is 9.97 Å². The number of nitrogens with one attached hydrogen (secondary N) is 2. The van der Waals surface area contributed by atoms with Crippen LogP contribution < -0.4 is 16.0 Å². The number of aromatic nitrogens is 2. The largest absolute Gasteiger partial charge is 0.447 e. The molecule has 1 atom stereocenters. The van der Waals surface area contributed by atoms with Crippen LogP contribution in [0.3, 0.4) is 0 Å². The number of anilines is 2. The first-order valence-corrected chi connectivity index (χ1v) is 11.8. The number of H-pyrrole nitrogens is 1. The molecule has 9 nitrogen and oxygen atoms in total. The number of ether oxygens (including phenoxy) is 1. The average molecular weight is 496 g/mol. The number of benzene rings is 2. The third-order valence-electron chi connectivity index (χ3n) is 6.34. The second kappa shape index (κ2) is 9.98. The van der Waals surface area contributed by atoms with Crippen LogP contribution in [-0.2, 0) is 14.3 Å². The van der Waals surface area contributed by atoms with Crippen LogP contribution in [0, 0.1) is 0 Å². The fourth-order valence-corrected chi connectivity index (χ4v) is 4.25. The lowest BCUT2D eigenvalue weighted by atomic mass is 9.99. The van der Waals surface area contributed by atoms with Gasteiger partial charge in [-0.1, -0.05) is 42.5 Å². The molecule has 0 aliphatic carbocycles. The minimum absolute atomic E-state index is 0.204. The number of nitrogens with zero attached hydrogens (tertiary/aromatic N) is 2. The van der Waals surface area contributed by atoms with Crippen molar-refractivity contribution in [2.75, 3.05) is 23.4 Å². The smallest absolute Gasteiger partial charge is 0.414 e. The number of hydrogen-bond acceptors (Lipinski definition) is 5. The number of fused-ring (bicyclic) bond motifs is 1. The Kier molecular flexibility index (Phi) is 6.42. The van der Waals surface area contributed by atoms with Crippen molar-refractivity contribution in [2.24, 2.45) is 5.73 Å². The minimum Gasteiger partial charge on any atom is -0.447 e. The lowest BCUT2D eigenvalue weighted by molar-refractivity contribution is -0.117. The molecule has 3 heterocycles. The Morgan fingerprint density at radius 1 is 1.16 bits per heavy atom. The second-order valence-electron chi connectivity index (χ2n) is 8.72. The predicted octanol–water partition coefficient (Wildman–Crippen LogP) is 4.29. The van der Waals surface area contributed by atoms with Gasteiger partial charge in [0.2, 0.25) is 11.8 Å². The fourth-order valence-electron chi connectivity index (χ4n) is 4.25. The molecule has 2 aromatic heterocycles.